The molecule has 2 heteroatoms. The summed E-state index contributed by atoms with van der Waals surface area (Å²) in [5, 5.41) is 0. The van der Waals surface area contributed by atoms with Gasteiger partial charge in [-0.25, -0.2) is 0 Å². The van der Waals surface area contributed by atoms with Crippen molar-refractivity contribution < 1.29 is 0 Å². The Balaban J connectivity index is 1.93. The van der Waals surface area contributed by atoms with E-state index in [1.807, 2.05) is 0 Å². The number of hydrogen-bond acceptors (Lipinski definition) is 2. The summed E-state index contributed by atoms with van der Waals surface area (Å²) >= 11 is 2.10. The summed E-state index contributed by atoms with van der Waals surface area (Å²) in [6, 6.07) is 0. The van der Waals surface area contributed by atoms with Crippen LogP contribution in [-0.2, 0) is 0 Å². The minimum Gasteiger partial charge on any atom is -0.330 e. The number of hydrogen-bond donors (Lipinski definition) is 1. The van der Waals surface area contributed by atoms with Crippen molar-refractivity contribution in [2.75, 3.05) is 18.1 Å². The van der Waals surface area contributed by atoms with Crippen molar-refractivity contribution >= 4 is 11.8 Å². The van der Waals surface area contributed by atoms with Gasteiger partial charge in [0.15, 0.2) is 0 Å². The lowest BCUT2D eigenvalue weighted by Crippen LogP contribution is -2.02. The predicted octanol–water partition coefficient (Wildman–Crippen LogP) is 2.50. The highest BCUT2D eigenvalue weighted by atomic mass is 32.2. The monoisotopic (exact) mass is 187 g/mol. The van der Waals surface area contributed by atoms with Crippen molar-refractivity contribution in [1.29, 1.82) is 0 Å². The molecule has 0 aromatic carbocycles. The summed E-state index contributed by atoms with van der Waals surface area (Å²) < 4.78 is 0. The van der Waals surface area contributed by atoms with E-state index >= 15 is 0 Å². The molecule has 0 aromatic rings. The van der Waals surface area contributed by atoms with E-state index in [2.05, 4.69) is 18.7 Å². The van der Waals surface area contributed by atoms with Crippen LogP contribution >= 0.6 is 11.8 Å². The standard InChI is InChI=1S/C10H21NS/c1-9-3-4-10(7-9)8-12-6-2-5-11/h9-10H,2-8,11H2,1H3. The van der Waals surface area contributed by atoms with Gasteiger partial charge in [-0.15, -0.1) is 0 Å². The zero-order chi connectivity index (χ0) is 8.81. The largest absolute Gasteiger partial charge is 0.330 e. The molecule has 2 unspecified atom stereocenters. The van der Waals surface area contributed by atoms with E-state index in [0.29, 0.717) is 0 Å². The molecule has 1 rings (SSSR count). The van der Waals surface area contributed by atoms with Crippen LogP contribution in [0.1, 0.15) is 32.6 Å². The van der Waals surface area contributed by atoms with Gasteiger partial charge in [-0.3, -0.25) is 0 Å². The molecule has 0 heterocycles. The van der Waals surface area contributed by atoms with E-state index < -0.39 is 0 Å². The second-order valence-electron chi connectivity index (χ2n) is 4.00. The molecular formula is C10H21NS. The Morgan fingerprint density at radius 2 is 2.25 bits per heavy atom. The molecule has 1 aliphatic carbocycles. The molecule has 0 saturated heterocycles. The van der Waals surface area contributed by atoms with Crippen LogP contribution in [0.2, 0.25) is 0 Å². The van der Waals surface area contributed by atoms with Crippen molar-refractivity contribution in [3.05, 3.63) is 0 Å². The molecule has 1 nitrogen and oxygen atoms in total. The van der Waals surface area contributed by atoms with Crippen molar-refractivity contribution in [2.24, 2.45) is 17.6 Å². The summed E-state index contributed by atoms with van der Waals surface area (Å²) in [5.41, 5.74) is 5.43. The lowest BCUT2D eigenvalue weighted by molar-refractivity contribution is 0.561. The normalized spacial score (nSPS) is 29.5. The molecule has 0 bridgehead atoms. The molecule has 0 aromatic heterocycles. The Hall–Kier alpha value is 0.310. The van der Waals surface area contributed by atoms with Gasteiger partial charge in [-0.2, -0.15) is 11.8 Å². The summed E-state index contributed by atoms with van der Waals surface area (Å²) in [6.07, 6.45) is 5.58. The number of thioether (sulfide) groups is 1. The van der Waals surface area contributed by atoms with Crippen LogP contribution in [0.15, 0.2) is 0 Å². The highest BCUT2D eigenvalue weighted by Crippen LogP contribution is 2.32. The fourth-order valence-electron chi connectivity index (χ4n) is 1.91. The second kappa shape index (κ2) is 5.87. The highest BCUT2D eigenvalue weighted by molar-refractivity contribution is 7.99. The number of rotatable bonds is 5. The first-order valence-electron chi connectivity index (χ1n) is 5.10. The van der Waals surface area contributed by atoms with Crippen molar-refractivity contribution in [2.45, 2.75) is 32.6 Å². The van der Waals surface area contributed by atoms with E-state index in [1.165, 1.54) is 37.2 Å². The quantitative estimate of drug-likeness (QED) is 0.669. The van der Waals surface area contributed by atoms with Crippen LogP contribution in [0.25, 0.3) is 0 Å². The van der Waals surface area contributed by atoms with Gasteiger partial charge in [0.25, 0.3) is 0 Å². The van der Waals surface area contributed by atoms with E-state index in [1.54, 1.807) is 0 Å². The molecule has 0 aliphatic heterocycles. The van der Waals surface area contributed by atoms with Crippen LogP contribution in [0, 0.1) is 11.8 Å². The fourth-order valence-corrected chi connectivity index (χ4v) is 3.09. The number of nitrogens with two attached hydrogens (primary N) is 1. The summed E-state index contributed by atoms with van der Waals surface area (Å²) in [6.45, 7) is 3.23. The lowest BCUT2D eigenvalue weighted by Gasteiger charge is -2.07. The fraction of sp³-hybridized carbons (Fsp3) is 1.00. The van der Waals surface area contributed by atoms with Gasteiger partial charge in [0.05, 0.1) is 0 Å². The molecule has 1 fully saturated rings. The Bertz CT molecular complexity index is 116. The van der Waals surface area contributed by atoms with Gasteiger partial charge in [0.1, 0.15) is 0 Å². The van der Waals surface area contributed by atoms with E-state index in [4.69, 9.17) is 5.73 Å². The Kier molecular flexibility index (Phi) is 5.08. The van der Waals surface area contributed by atoms with Crippen molar-refractivity contribution in [1.82, 2.24) is 0 Å². The predicted molar refractivity (Wildman–Crippen MR) is 57.5 cm³/mol. The highest BCUT2D eigenvalue weighted by Gasteiger charge is 2.20. The van der Waals surface area contributed by atoms with Crippen molar-refractivity contribution in [3.63, 3.8) is 0 Å². The maximum Gasteiger partial charge on any atom is -0.00390 e. The van der Waals surface area contributed by atoms with Gasteiger partial charge >= 0.3 is 0 Å². The molecule has 1 aliphatic rings. The average Bonchev–Trinajstić information content (AvgIpc) is 2.45. The lowest BCUT2D eigenvalue weighted by atomic mass is 10.1. The Labute approximate surface area is 80.5 Å². The molecule has 2 N–H and O–H groups in total. The minimum absolute atomic E-state index is 0.855. The smallest absolute Gasteiger partial charge is 0.00390 e. The van der Waals surface area contributed by atoms with E-state index in [-0.39, 0.29) is 0 Å². The Morgan fingerprint density at radius 1 is 1.42 bits per heavy atom. The zero-order valence-electron chi connectivity index (χ0n) is 8.09. The molecular weight excluding hydrogens is 166 g/mol. The third kappa shape index (κ3) is 3.81. The topological polar surface area (TPSA) is 26.0 Å². The third-order valence-corrected chi connectivity index (χ3v) is 3.93. The van der Waals surface area contributed by atoms with Gasteiger partial charge in [-0.1, -0.05) is 13.3 Å². The molecule has 0 spiro atoms. The molecule has 72 valence electrons. The molecule has 1 saturated carbocycles. The van der Waals surface area contributed by atoms with Crippen LogP contribution in [0.3, 0.4) is 0 Å². The third-order valence-electron chi connectivity index (χ3n) is 2.65. The van der Waals surface area contributed by atoms with Crippen LogP contribution < -0.4 is 5.73 Å². The average molecular weight is 187 g/mol. The maximum absolute atomic E-state index is 5.43. The van der Waals surface area contributed by atoms with Crippen LogP contribution in [0.4, 0.5) is 0 Å². The summed E-state index contributed by atoms with van der Waals surface area (Å²) in [4.78, 5) is 0. The Morgan fingerprint density at radius 3 is 2.83 bits per heavy atom. The van der Waals surface area contributed by atoms with Gasteiger partial charge in [-0.05, 0) is 49.1 Å². The summed E-state index contributed by atoms with van der Waals surface area (Å²) in [5.74, 6) is 4.65. The molecule has 0 amide bonds. The van der Waals surface area contributed by atoms with Crippen LogP contribution in [0.5, 0.6) is 0 Å². The van der Waals surface area contributed by atoms with Crippen molar-refractivity contribution in [3.8, 4) is 0 Å². The second-order valence-corrected chi connectivity index (χ2v) is 5.15. The van der Waals surface area contributed by atoms with E-state index in [9.17, 15) is 0 Å². The summed E-state index contributed by atoms with van der Waals surface area (Å²) in [7, 11) is 0. The maximum atomic E-state index is 5.43. The molecule has 12 heavy (non-hydrogen) atoms. The first kappa shape index (κ1) is 10.4. The molecule has 0 radical (unpaired) electrons. The first-order chi connectivity index (χ1) is 5.83. The first-order valence-corrected chi connectivity index (χ1v) is 6.26. The van der Waals surface area contributed by atoms with Gasteiger partial charge < -0.3 is 5.73 Å². The minimum atomic E-state index is 0.855. The van der Waals surface area contributed by atoms with Crippen LogP contribution in [-0.4, -0.2) is 18.1 Å². The van der Waals surface area contributed by atoms with Gasteiger partial charge in [0, 0.05) is 0 Å². The van der Waals surface area contributed by atoms with E-state index in [0.717, 1.165) is 18.4 Å². The zero-order valence-corrected chi connectivity index (χ0v) is 8.91. The van der Waals surface area contributed by atoms with Gasteiger partial charge in [0.2, 0.25) is 0 Å². The SMILES string of the molecule is CC1CCC(CSCCCN)C1. The molecule has 2 atom stereocenters.